The Bertz CT molecular complexity index is 891. The molecular formula is C18H20N6O. The number of aromatic nitrogens is 4. The fraction of sp³-hybridized carbons (Fsp3) is 0.333. The van der Waals surface area contributed by atoms with Crippen molar-refractivity contribution in [3.05, 3.63) is 48.2 Å². The minimum Gasteiger partial charge on any atom is -0.381 e. The largest absolute Gasteiger partial charge is 0.381 e. The molecule has 7 heteroatoms. The second-order valence-corrected chi connectivity index (χ2v) is 6.38. The number of carbonyl (C=O) groups excluding carboxylic acids is 1. The summed E-state index contributed by atoms with van der Waals surface area (Å²) in [6.07, 6.45) is 3.65. The molecule has 0 aliphatic carbocycles. The van der Waals surface area contributed by atoms with Crippen LogP contribution in [-0.4, -0.2) is 49.9 Å². The normalized spacial score (nSPS) is 17.6. The van der Waals surface area contributed by atoms with Gasteiger partial charge in [-0.05, 0) is 31.0 Å². The maximum absolute atomic E-state index is 12.9. The summed E-state index contributed by atoms with van der Waals surface area (Å²) in [5, 5.41) is 11.5. The van der Waals surface area contributed by atoms with Crippen molar-refractivity contribution in [2.75, 3.05) is 18.4 Å². The molecule has 1 aliphatic heterocycles. The molecule has 3 aromatic rings. The second-order valence-electron chi connectivity index (χ2n) is 6.38. The molecule has 1 N–H and O–H groups in total. The van der Waals surface area contributed by atoms with Crippen LogP contribution < -0.4 is 5.32 Å². The van der Waals surface area contributed by atoms with Crippen LogP contribution in [-0.2, 0) is 7.05 Å². The number of benzene rings is 1. The third-order valence-corrected chi connectivity index (χ3v) is 4.54. The second kappa shape index (κ2) is 6.51. The molecule has 1 saturated heterocycles. The van der Waals surface area contributed by atoms with Crippen LogP contribution in [0.5, 0.6) is 0 Å². The first-order valence-corrected chi connectivity index (χ1v) is 8.47. The van der Waals surface area contributed by atoms with Crippen LogP contribution in [0.15, 0.2) is 42.6 Å². The number of pyridine rings is 1. The lowest BCUT2D eigenvalue weighted by atomic mass is 10.0. The Morgan fingerprint density at radius 2 is 2.12 bits per heavy atom. The number of aryl methyl sites for hydroxylation is 1. The topological polar surface area (TPSA) is 75.9 Å². The van der Waals surface area contributed by atoms with Gasteiger partial charge in [-0.1, -0.05) is 23.4 Å². The van der Waals surface area contributed by atoms with E-state index in [1.807, 2.05) is 35.2 Å². The van der Waals surface area contributed by atoms with Gasteiger partial charge in [0.2, 0.25) is 0 Å². The van der Waals surface area contributed by atoms with Gasteiger partial charge in [0.1, 0.15) is 5.52 Å². The number of piperidine rings is 1. The molecule has 3 heterocycles. The molecule has 0 unspecified atom stereocenters. The third-order valence-electron chi connectivity index (χ3n) is 4.54. The number of anilines is 1. The van der Waals surface area contributed by atoms with Gasteiger partial charge in [-0.2, -0.15) is 0 Å². The lowest BCUT2D eigenvalue weighted by molar-refractivity contribution is 0.0714. The van der Waals surface area contributed by atoms with Crippen LogP contribution in [0.3, 0.4) is 0 Å². The molecule has 1 aromatic carbocycles. The molecule has 7 nitrogen and oxygen atoms in total. The van der Waals surface area contributed by atoms with Crippen molar-refractivity contribution < 1.29 is 4.79 Å². The smallest absolute Gasteiger partial charge is 0.255 e. The van der Waals surface area contributed by atoms with Crippen molar-refractivity contribution in [1.82, 2.24) is 24.9 Å². The number of para-hydroxylation sites is 1. The predicted molar refractivity (Wildman–Crippen MR) is 95.3 cm³/mol. The SMILES string of the molecule is Cn1nnc2cc(C(=O)N3CCC[C@H](Nc4ccccc4)C3)cnc21. The van der Waals surface area contributed by atoms with E-state index < -0.39 is 0 Å². The first-order valence-electron chi connectivity index (χ1n) is 8.47. The fourth-order valence-electron chi connectivity index (χ4n) is 3.28. The van der Waals surface area contributed by atoms with Crippen LogP contribution in [0.1, 0.15) is 23.2 Å². The first kappa shape index (κ1) is 15.6. The quantitative estimate of drug-likeness (QED) is 0.792. The summed E-state index contributed by atoms with van der Waals surface area (Å²) in [7, 11) is 1.79. The van der Waals surface area contributed by atoms with Gasteiger partial charge in [-0.15, -0.1) is 5.10 Å². The van der Waals surface area contributed by atoms with Gasteiger partial charge in [0.15, 0.2) is 5.65 Å². The van der Waals surface area contributed by atoms with E-state index in [-0.39, 0.29) is 11.9 Å². The maximum Gasteiger partial charge on any atom is 0.255 e. The zero-order valence-corrected chi connectivity index (χ0v) is 14.1. The van der Waals surface area contributed by atoms with Gasteiger partial charge < -0.3 is 10.2 Å². The summed E-state index contributed by atoms with van der Waals surface area (Å²) in [6, 6.07) is 12.1. The standard InChI is InChI=1S/C18H20N6O/c1-23-17-16(21-22-23)10-13(11-19-17)18(25)24-9-5-8-15(12-24)20-14-6-3-2-4-7-14/h2-4,6-7,10-11,15,20H,5,8-9,12H2,1H3/t15-/m0/s1. The highest BCUT2D eigenvalue weighted by molar-refractivity contribution is 5.96. The highest BCUT2D eigenvalue weighted by Gasteiger charge is 2.25. The minimum absolute atomic E-state index is 0.000357. The number of hydrogen-bond donors (Lipinski definition) is 1. The van der Waals surface area contributed by atoms with Crippen LogP contribution >= 0.6 is 0 Å². The number of carbonyl (C=O) groups is 1. The highest BCUT2D eigenvalue weighted by Crippen LogP contribution is 2.19. The minimum atomic E-state index is -0.000357. The molecular weight excluding hydrogens is 316 g/mol. The van der Waals surface area contributed by atoms with Crippen LogP contribution in [0.25, 0.3) is 11.2 Å². The van der Waals surface area contributed by atoms with Gasteiger partial charge in [-0.25, -0.2) is 9.67 Å². The Hall–Kier alpha value is -2.96. The van der Waals surface area contributed by atoms with E-state index in [4.69, 9.17) is 0 Å². The Balaban J connectivity index is 1.48. The molecule has 1 fully saturated rings. The number of likely N-dealkylation sites (tertiary alicyclic amines) is 1. The number of amides is 1. The van der Waals surface area contributed by atoms with Gasteiger partial charge in [-0.3, -0.25) is 4.79 Å². The average Bonchev–Trinajstić information content (AvgIpc) is 3.02. The highest BCUT2D eigenvalue weighted by atomic mass is 16.2. The molecule has 0 spiro atoms. The summed E-state index contributed by atoms with van der Waals surface area (Å²) >= 11 is 0. The Morgan fingerprint density at radius 3 is 2.96 bits per heavy atom. The Kier molecular flexibility index (Phi) is 4.05. The zero-order chi connectivity index (χ0) is 17.2. The van der Waals surface area contributed by atoms with Gasteiger partial charge in [0.25, 0.3) is 5.91 Å². The third kappa shape index (κ3) is 3.17. The van der Waals surface area contributed by atoms with Gasteiger partial charge in [0, 0.05) is 38.1 Å². The Labute approximate surface area is 145 Å². The number of nitrogens with one attached hydrogen (secondary N) is 1. The van der Waals surface area contributed by atoms with Gasteiger partial charge >= 0.3 is 0 Å². The van der Waals surface area contributed by atoms with E-state index >= 15 is 0 Å². The van der Waals surface area contributed by atoms with Gasteiger partial charge in [0.05, 0.1) is 5.56 Å². The van der Waals surface area contributed by atoms with Crippen molar-refractivity contribution in [2.45, 2.75) is 18.9 Å². The number of hydrogen-bond acceptors (Lipinski definition) is 5. The van der Waals surface area contributed by atoms with E-state index in [2.05, 4.69) is 20.6 Å². The summed E-state index contributed by atoms with van der Waals surface area (Å²) in [5.74, 6) is -0.000357. The summed E-state index contributed by atoms with van der Waals surface area (Å²) in [5.41, 5.74) is 2.97. The maximum atomic E-state index is 12.9. The fourth-order valence-corrected chi connectivity index (χ4v) is 3.28. The molecule has 0 saturated carbocycles. The van der Waals surface area contributed by atoms with Crippen LogP contribution in [0, 0.1) is 0 Å². The summed E-state index contributed by atoms with van der Waals surface area (Å²) in [6.45, 7) is 1.45. The van der Waals surface area contributed by atoms with E-state index in [9.17, 15) is 4.79 Å². The molecule has 2 aromatic heterocycles. The van der Waals surface area contributed by atoms with Crippen molar-refractivity contribution in [2.24, 2.45) is 7.05 Å². The van der Waals surface area contributed by atoms with Crippen LogP contribution in [0.2, 0.25) is 0 Å². The van der Waals surface area contributed by atoms with Crippen molar-refractivity contribution in [3.63, 3.8) is 0 Å². The number of rotatable bonds is 3. The van der Waals surface area contributed by atoms with E-state index in [0.717, 1.165) is 25.1 Å². The molecule has 1 amide bonds. The average molecular weight is 336 g/mol. The zero-order valence-electron chi connectivity index (χ0n) is 14.1. The summed E-state index contributed by atoms with van der Waals surface area (Å²) < 4.78 is 1.60. The predicted octanol–water partition coefficient (Wildman–Crippen LogP) is 2.08. The Morgan fingerprint density at radius 1 is 1.28 bits per heavy atom. The lowest BCUT2D eigenvalue weighted by Crippen LogP contribution is -2.45. The number of fused-ring (bicyclic) bond motifs is 1. The molecule has 1 aliphatic rings. The van der Waals surface area contributed by atoms with E-state index in [1.54, 1.807) is 24.0 Å². The molecule has 4 rings (SSSR count). The molecule has 128 valence electrons. The molecule has 25 heavy (non-hydrogen) atoms. The lowest BCUT2D eigenvalue weighted by Gasteiger charge is -2.33. The van der Waals surface area contributed by atoms with E-state index in [0.29, 0.717) is 23.3 Å². The van der Waals surface area contributed by atoms with Crippen molar-refractivity contribution >= 4 is 22.8 Å². The molecule has 0 bridgehead atoms. The van der Waals surface area contributed by atoms with Crippen molar-refractivity contribution in [1.29, 1.82) is 0 Å². The molecule has 0 radical (unpaired) electrons. The van der Waals surface area contributed by atoms with E-state index in [1.165, 1.54) is 0 Å². The van der Waals surface area contributed by atoms with Crippen LogP contribution in [0.4, 0.5) is 5.69 Å². The van der Waals surface area contributed by atoms with Crippen molar-refractivity contribution in [3.8, 4) is 0 Å². The summed E-state index contributed by atoms with van der Waals surface area (Å²) in [4.78, 5) is 19.1. The first-order chi connectivity index (χ1) is 12.2. The number of nitrogens with zero attached hydrogens (tertiary/aromatic N) is 5. The monoisotopic (exact) mass is 336 g/mol. The molecule has 1 atom stereocenters.